The van der Waals surface area contributed by atoms with Crippen LogP contribution in [0.2, 0.25) is 0 Å². The van der Waals surface area contributed by atoms with Crippen LogP contribution in [0.25, 0.3) is 5.69 Å². The van der Waals surface area contributed by atoms with Gasteiger partial charge in [-0.2, -0.15) is 0 Å². The van der Waals surface area contributed by atoms with Crippen molar-refractivity contribution in [3.05, 3.63) is 56.5 Å². The predicted molar refractivity (Wildman–Crippen MR) is 71.5 cm³/mol. The Morgan fingerprint density at radius 1 is 1.21 bits per heavy atom. The lowest BCUT2D eigenvalue weighted by Gasteiger charge is -2.14. The SMILES string of the molecule is CNc1cc(=O)n(C)c(=O)n1-c1ccc(C)cc1F. The minimum absolute atomic E-state index is 0.107. The monoisotopic (exact) mass is 263 g/mol. The lowest BCUT2D eigenvalue weighted by Crippen LogP contribution is -2.38. The maximum Gasteiger partial charge on any atom is 0.337 e. The Hall–Kier alpha value is -2.37. The van der Waals surface area contributed by atoms with E-state index in [0.29, 0.717) is 0 Å². The van der Waals surface area contributed by atoms with Gasteiger partial charge in [-0.1, -0.05) is 6.07 Å². The molecular weight excluding hydrogens is 249 g/mol. The molecule has 6 heteroatoms. The molecule has 19 heavy (non-hydrogen) atoms. The quantitative estimate of drug-likeness (QED) is 0.880. The molecule has 1 aromatic carbocycles. The van der Waals surface area contributed by atoms with E-state index in [1.807, 2.05) is 0 Å². The van der Waals surface area contributed by atoms with E-state index in [1.54, 1.807) is 20.0 Å². The first kappa shape index (κ1) is 13.1. The van der Waals surface area contributed by atoms with Crippen molar-refractivity contribution in [2.75, 3.05) is 12.4 Å². The third-order valence-electron chi connectivity index (χ3n) is 2.91. The highest BCUT2D eigenvalue weighted by atomic mass is 19.1. The molecule has 2 aromatic rings. The average Bonchev–Trinajstić information content (AvgIpc) is 2.37. The van der Waals surface area contributed by atoms with Gasteiger partial charge < -0.3 is 5.32 Å². The van der Waals surface area contributed by atoms with Crippen LogP contribution in [0.4, 0.5) is 10.2 Å². The summed E-state index contributed by atoms with van der Waals surface area (Å²) in [6.07, 6.45) is 0. The van der Waals surface area contributed by atoms with Gasteiger partial charge in [0.05, 0.1) is 5.69 Å². The summed E-state index contributed by atoms with van der Waals surface area (Å²) in [6.45, 7) is 1.76. The highest BCUT2D eigenvalue weighted by Crippen LogP contribution is 2.16. The standard InChI is InChI=1S/C13H14FN3O2/c1-8-4-5-10(9(14)6-8)17-11(15-2)7-12(18)16(3)13(17)19/h4-7,15H,1-3H3. The highest BCUT2D eigenvalue weighted by Gasteiger charge is 2.13. The lowest BCUT2D eigenvalue weighted by molar-refractivity contribution is 0.608. The first-order chi connectivity index (χ1) is 8.95. The van der Waals surface area contributed by atoms with Crippen LogP contribution in [-0.4, -0.2) is 16.2 Å². The van der Waals surface area contributed by atoms with E-state index < -0.39 is 17.1 Å². The summed E-state index contributed by atoms with van der Waals surface area (Å²) in [4.78, 5) is 23.7. The molecule has 0 aliphatic heterocycles. The van der Waals surface area contributed by atoms with Crippen LogP contribution in [0.5, 0.6) is 0 Å². The Bertz CT molecular complexity index is 747. The van der Waals surface area contributed by atoms with Crippen molar-refractivity contribution >= 4 is 5.82 Å². The summed E-state index contributed by atoms with van der Waals surface area (Å²) in [5, 5.41) is 2.73. The van der Waals surface area contributed by atoms with Crippen molar-refractivity contribution in [1.82, 2.24) is 9.13 Å². The fraction of sp³-hybridized carbons (Fsp3) is 0.231. The van der Waals surface area contributed by atoms with E-state index in [-0.39, 0.29) is 11.5 Å². The molecule has 1 heterocycles. The number of anilines is 1. The molecule has 100 valence electrons. The van der Waals surface area contributed by atoms with Crippen molar-refractivity contribution in [2.45, 2.75) is 6.92 Å². The van der Waals surface area contributed by atoms with E-state index in [2.05, 4.69) is 5.32 Å². The number of rotatable bonds is 2. The zero-order chi connectivity index (χ0) is 14.2. The van der Waals surface area contributed by atoms with Gasteiger partial charge in [0.25, 0.3) is 5.56 Å². The number of aryl methyl sites for hydroxylation is 1. The van der Waals surface area contributed by atoms with Gasteiger partial charge >= 0.3 is 5.69 Å². The molecule has 0 aliphatic rings. The van der Waals surface area contributed by atoms with Crippen LogP contribution < -0.4 is 16.6 Å². The summed E-state index contributed by atoms with van der Waals surface area (Å²) in [7, 11) is 2.92. The second-order valence-corrected chi connectivity index (χ2v) is 4.25. The molecule has 0 amide bonds. The largest absolute Gasteiger partial charge is 0.374 e. The van der Waals surface area contributed by atoms with Crippen LogP contribution in [0.3, 0.4) is 0 Å². The Kier molecular flexibility index (Phi) is 3.25. The Labute approximate surface area is 108 Å². The third kappa shape index (κ3) is 2.16. The van der Waals surface area contributed by atoms with Crippen LogP contribution in [0, 0.1) is 12.7 Å². The molecule has 0 saturated heterocycles. The fourth-order valence-electron chi connectivity index (χ4n) is 1.84. The normalized spacial score (nSPS) is 10.5. The van der Waals surface area contributed by atoms with Crippen molar-refractivity contribution in [1.29, 1.82) is 0 Å². The zero-order valence-electron chi connectivity index (χ0n) is 10.9. The molecule has 5 nitrogen and oxygen atoms in total. The summed E-state index contributed by atoms with van der Waals surface area (Å²) >= 11 is 0. The van der Waals surface area contributed by atoms with Crippen LogP contribution in [-0.2, 0) is 7.05 Å². The molecule has 1 aromatic heterocycles. The summed E-state index contributed by atoms with van der Waals surface area (Å²) in [5.41, 5.74) is -0.182. The highest BCUT2D eigenvalue weighted by molar-refractivity contribution is 5.46. The second kappa shape index (κ2) is 4.72. The van der Waals surface area contributed by atoms with E-state index in [9.17, 15) is 14.0 Å². The topological polar surface area (TPSA) is 56.0 Å². The molecule has 0 fully saturated rings. The predicted octanol–water partition coefficient (Wildman–Crippen LogP) is 1.03. The Morgan fingerprint density at radius 2 is 1.89 bits per heavy atom. The van der Waals surface area contributed by atoms with Crippen molar-refractivity contribution in [3.8, 4) is 5.69 Å². The van der Waals surface area contributed by atoms with Gasteiger partial charge in [0.15, 0.2) is 0 Å². The first-order valence-electron chi connectivity index (χ1n) is 5.73. The Balaban J connectivity index is 2.85. The van der Waals surface area contributed by atoms with Gasteiger partial charge in [-0.25, -0.2) is 13.8 Å². The maximum atomic E-state index is 14.0. The lowest BCUT2D eigenvalue weighted by atomic mass is 10.2. The van der Waals surface area contributed by atoms with Crippen LogP contribution in [0.1, 0.15) is 5.56 Å². The van der Waals surface area contributed by atoms with E-state index in [0.717, 1.165) is 14.7 Å². The van der Waals surface area contributed by atoms with Gasteiger partial charge in [-0.3, -0.25) is 9.36 Å². The minimum atomic E-state index is -0.598. The van der Waals surface area contributed by atoms with Gasteiger partial charge in [-0.15, -0.1) is 0 Å². The van der Waals surface area contributed by atoms with E-state index in [1.165, 1.54) is 25.2 Å². The molecule has 0 radical (unpaired) electrons. The molecule has 0 saturated carbocycles. The maximum absolute atomic E-state index is 14.0. The second-order valence-electron chi connectivity index (χ2n) is 4.25. The smallest absolute Gasteiger partial charge is 0.337 e. The van der Waals surface area contributed by atoms with Crippen molar-refractivity contribution in [3.63, 3.8) is 0 Å². The number of benzene rings is 1. The molecule has 0 aliphatic carbocycles. The van der Waals surface area contributed by atoms with Crippen LogP contribution in [0.15, 0.2) is 33.9 Å². The summed E-state index contributed by atoms with van der Waals surface area (Å²) in [5.74, 6) is -0.270. The average molecular weight is 263 g/mol. The molecule has 0 spiro atoms. The van der Waals surface area contributed by atoms with Crippen LogP contribution >= 0.6 is 0 Å². The van der Waals surface area contributed by atoms with Gasteiger partial charge in [0.1, 0.15) is 11.6 Å². The van der Waals surface area contributed by atoms with Gasteiger partial charge in [0.2, 0.25) is 0 Å². The third-order valence-corrected chi connectivity index (χ3v) is 2.91. The molecule has 1 N–H and O–H groups in total. The number of hydrogen-bond acceptors (Lipinski definition) is 3. The summed E-state index contributed by atoms with van der Waals surface area (Å²) in [6, 6.07) is 5.81. The molecule has 0 atom stereocenters. The fourth-order valence-corrected chi connectivity index (χ4v) is 1.84. The number of hydrogen-bond donors (Lipinski definition) is 1. The molecular formula is C13H14FN3O2. The van der Waals surface area contributed by atoms with Gasteiger partial charge in [-0.05, 0) is 24.6 Å². The number of nitrogens with one attached hydrogen (secondary N) is 1. The summed E-state index contributed by atoms with van der Waals surface area (Å²) < 4.78 is 16.1. The molecule has 0 bridgehead atoms. The van der Waals surface area contributed by atoms with E-state index >= 15 is 0 Å². The first-order valence-corrected chi connectivity index (χ1v) is 5.73. The number of aromatic nitrogens is 2. The Morgan fingerprint density at radius 3 is 2.47 bits per heavy atom. The molecule has 0 unspecified atom stereocenters. The minimum Gasteiger partial charge on any atom is -0.374 e. The van der Waals surface area contributed by atoms with Crippen molar-refractivity contribution < 1.29 is 4.39 Å². The molecule has 2 rings (SSSR count). The van der Waals surface area contributed by atoms with E-state index in [4.69, 9.17) is 0 Å². The zero-order valence-corrected chi connectivity index (χ0v) is 10.9. The number of nitrogens with zero attached hydrogens (tertiary/aromatic N) is 2. The number of halogens is 1. The van der Waals surface area contributed by atoms with Crippen molar-refractivity contribution in [2.24, 2.45) is 7.05 Å². The van der Waals surface area contributed by atoms with Gasteiger partial charge in [0, 0.05) is 20.2 Å².